The zero-order valence-corrected chi connectivity index (χ0v) is 18.0. The number of amides is 4. The maximum absolute atomic E-state index is 12.8. The van der Waals surface area contributed by atoms with Crippen molar-refractivity contribution in [2.45, 2.75) is 25.3 Å². The van der Waals surface area contributed by atoms with E-state index in [0.717, 1.165) is 12.8 Å². The van der Waals surface area contributed by atoms with E-state index in [1.807, 2.05) is 0 Å². The van der Waals surface area contributed by atoms with Crippen LogP contribution in [0, 0.1) is 5.92 Å². The number of nitrogens with one attached hydrogen (secondary N) is 3. The predicted octanol–water partition coefficient (Wildman–Crippen LogP) is 2.98. The summed E-state index contributed by atoms with van der Waals surface area (Å²) in [6.07, 6.45) is 2.14. The molecule has 9 nitrogen and oxygen atoms in total. The molecule has 1 aliphatic heterocycles. The van der Waals surface area contributed by atoms with Gasteiger partial charge in [0.05, 0.1) is 25.8 Å². The van der Waals surface area contributed by atoms with Gasteiger partial charge >= 0.3 is 6.03 Å². The van der Waals surface area contributed by atoms with Gasteiger partial charge in [-0.25, -0.2) is 4.79 Å². The van der Waals surface area contributed by atoms with Crippen LogP contribution in [0.5, 0.6) is 11.5 Å². The van der Waals surface area contributed by atoms with E-state index in [1.54, 1.807) is 54.5 Å². The number of carbonyl (C=O) groups is 3. The molecule has 1 aliphatic carbocycles. The van der Waals surface area contributed by atoms with Crippen molar-refractivity contribution < 1.29 is 23.9 Å². The first-order chi connectivity index (χ1) is 15.5. The average molecular weight is 438 g/mol. The Morgan fingerprint density at radius 2 is 1.66 bits per heavy atom. The molecule has 2 aromatic carbocycles. The minimum Gasteiger partial charge on any atom is -0.497 e. The highest BCUT2D eigenvalue weighted by Crippen LogP contribution is 2.36. The minimum absolute atomic E-state index is 0.104. The number of urea groups is 1. The summed E-state index contributed by atoms with van der Waals surface area (Å²) in [7, 11) is 3.08. The smallest absolute Gasteiger partial charge is 0.319 e. The summed E-state index contributed by atoms with van der Waals surface area (Å²) in [5.41, 5.74) is 1.80. The fourth-order valence-electron chi connectivity index (χ4n) is 3.59. The first kappa shape index (κ1) is 21.5. The second kappa shape index (κ2) is 9.17. The van der Waals surface area contributed by atoms with Crippen molar-refractivity contribution in [1.82, 2.24) is 5.32 Å². The van der Waals surface area contributed by atoms with Crippen molar-refractivity contribution in [3.8, 4) is 11.5 Å². The molecule has 3 N–H and O–H groups in total. The van der Waals surface area contributed by atoms with Gasteiger partial charge in [-0.15, -0.1) is 0 Å². The van der Waals surface area contributed by atoms with E-state index in [0.29, 0.717) is 28.6 Å². The Labute approximate surface area is 186 Å². The maximum Gasteiger partial charge on any atom is 0.319 e. The quantitative estimate of drug-likeness (QED) is 0.616. The lowest BCUT2D eigenvalue weighted by atomic mass is 10.1. The number of anilines is 3. The molecule has 0 radical (unpaired) electrons. The molecule has 2 aromatic rings. The van der Waals surface area contributed by atoms with Gasteiger partial charge in [0.15, 0.2) is 0 Å². The second-order valence-electron chi connectivity index (χ2n) is 7.88. The molecule has 168 valence electrons. The summed E-state index contributed by atoms with van der Waals surface area (Å²) in [5.74, 6) is 0.239. The molecule has 4 amide bonds. The van der Waals surface area contributed by atoms with Crippen molar-refractivity contribution >= 4 is 34.9 Å². The molecule has 1 heterocycles. The van der Waals surface area contributed by atoms with E-state index in [-0.39, 0.29) is 36.9 Å². The molecule has 2 aliphatic rings. The standard InChI is InChI=1S/C23H26N4O5/c1-31-18-9-10-20(32-2)19(12-18)27-13-14(11-21(27)28)22(29)24-15-3-5-16(6-4-15)25-23(30)26-17-7-8-17/h3-6,9-10,12,14,17H,7-8,11,13H2,1-2H3,(H,24,29)(H2,25,26,30). The van der Waals surface area contributed by atoms with Gasteiger partial charge < -0.3 is 30.3 Å². The zero-order chi connectivity index (χ0) is 22.7. The molecule has 0 spiro atoms. The largest absolute Gasteiger partial charge is 0.497 e. The van der Waals surface area contributed by atoms with Crippen LogP contribution in [0.15, 0.2) is 42.5 Å². The van der Waals surface area contributed by atoms with E-state index >= 15 is 0 Å². The normalized spacial score (nSPS) is 17.6. The van der Waals surface area contributed by atoms with E-state index in [2.05, 4.69) is 16.0 Å². The summed E-state index contributed by atoms with van der Waals surface area (Å²) >= 11 is 0. The number of benzene rings is 2. The van der Waals surface area contributed by atoms with Gasteiger partial charge in [-0.2, -0.15) is 0 Å². The lowest BCUT2D eigenvalue weighted by molar-refractivity contribution is -0.122. The molecule has 2 fully saturated rings. The molecule has 32 heavy (non-hydrogen) atoms. The molecular weight excluding hydrogens is 412 g/mol. The Morgan fingerprint density at radius 1 is 0.969 bits per heavy atom. The molecule has 0 bridgehead atoms. The monoisotopic (exact) mass is 438 g/mol. The Bertz CT molecular complexity index is 1020. The van der Waals surface area contributed by atoms with Crippen molar-refractivity contribution in [3.05, 3.63) is 42.5 Å². The third kappa shape index (κ3) is 4.93. The van der Waals surface area contributed by atoms with Crippen molar-refractivity contribution in [2.24, 2.45) is 5.92 Å². The number of hydrogen-bond donors (Lipinski definition) is 3. The minimum atomic E-state index is -0.500. The van der Waals surface area contributed by atoms with Crippen LogP contribution in [-0.4, -0.2) is 44.7 Å². The number of nitrogens with zero attached hydrogens (tertiary/aromatic N) is 1. The third-order valence-electron chi connectivity index (χ3n) is 5.50. The number of ether oxygens (including phenoxy) is 2. The predicted molar refractivity (Wildman–Crippen MR) is 120 cm³/mol. The molecular formula is C23H26N4O5. The number of carbonyl (C=O) groups excluding carboxylic acids is 3. The van der Waals surface area contributed by atoms with Crippen LogP contribution in [0.4, 0.5) is 21.9 Å². The first-order valence-corrected chi connectivity index (χ1v) is 10.5. The molecule has 0 aromatic heterocycles. The highest BCUT2D eigenvalue weighted by atomic mass is 16.5. The number of rotatable bonds is 7. The Kier molecular flexibility index (Phi) is 6.16. The number of methoxy groups -OCH3 is 2. The lowest BCUT2D eigenvalue weighted by Gasteiger charge is -2.20. The fraction of sp³-hybridized carbons (Fsp3) is 0.348. The van der Waals surface area contributed by atoms with Crippen LogP contribution in [0.2, 0.25) is 0 Å². The highest BCUT2D eigenvalue weighted by molar-refractivity contribution is 6.04. The SMILES string of the molecule is COc1ccc(OC)c(N2CC(C(=O)Nc3ccc(NC(=O)NC4CC4)cc3)CC2=O)c1. The summed E-state index contributed by atoms with van der Waals surface area (Å²) in [5, 5.41) is 8.46. The average Bonchev–Trinajstić information content (AvgIpc) is 3.52. The molecule has 1 unspecified atom stereocenters. The van der Waals surface area contributed by atoms with Crippen LogP contribution in [0.1, 0.15) is 19.3 Å². The molecule has 9 heteroatoms. The van der Waals surface area contributed by atoms with Crippen molar-refractivity contribution in [1.29, 1.82) is 0 Å². The van der Waals surface area contributed by atoms with Crippen molar-refractivity contribution in [2.75, 3.05) is 36.3 Å². The van der Waals surface area contributed by atoms with Gasteiger partial charge in [-0.05, 0) is 49.2 Å². The van der Waals surface area contributed by atoms with Gasteiger partial charge in [0, 0.05) is 36.4 Å². The summed E-state index contributed by atoms with van der Waals surface area (Å²) < 4.78 is 10.6. The van der Waals surface area contributed by atoms with Gasteiger partial charge in [-0.1, -0.05) is 0 Å². The topological polar surface area (TPSA) is 109 Å². The van der Waals surface area contributed by atoms with E-state index < -0.39 is 5.92 Å². The van der Waals surface area contributed by atoms with Crippen LogP contribution in [0.25, 0.3) is 0 Å². The van der Waals surface area contributed by atoms with E-state index in [1.165, 1.54) is 7.11 Å². The second-order valence-corrected chi connectivity index (χ2v) is 7.88. The van der Waals surface area contributed by atoms with Gasteiger partial charge in [0.25, 0.3) is 0 Å². The lowest BCUT2D eigenvalue weighted by Crippen LogP contribution is -2.30. The third-order valence-corrected chi connectivity index (χ3v) is 5.50. The molecule has 1 atom stereocenters. The van der Waals surface area contributed by atoms with Crippen LogP contribution < -0.4 is 30.3 Å². The Hall–Kier alpha value is -3.75. The van der Waals surface area contributed by atoms with Gasteiger partial charge in [-0.3, -0.25) is 9.59 Å². The van der Waals surface area contributed by atoms with Crippen LogP contribution in [0.3, 0.4) is 0 Å². The van der Waals surface area contributed by atoms with Gasteiger partial charge in [0.1, 0.15) is 11.5 Å². The summed E-state index contributed by atoms with van der Waals surface area (Å²) in [6, 6.07) is 12.1. The van der Waals surface area contributed by atoms with E-state index in [9.17, 15) is 14.4 Å². The summed E-state index contributed by atoms with van der Waals surface area (Å²) in [6.45, 7) is 0.245. The Morgan fingerprint density at radius 3 is 2.28 bits per heavy atom. The number of hydrogen-bond acceptors (Lipinski definition) is 5. The maximum atomic E-state index is 12.8. The van der Waals surface area contributed by atoms with Crippen LogP contribution >= 0.6 is 0 Å². The molecule has 1 saturated carbocycles. The Balaban J connectivity index is 1.37. The van der Waals surface area contributed by atoms with E-state index in [4.69, 9.17) is 9.47 Å². The van der Waals surface area contributed by atoms with Crippen LogP contribution in [-0.2, 0) is 9.59 Å². The fourth-order valence-corrected chi connectivity index (χ4v) is 3.59. The van der Waals surface area contributed by atoms with Crippen molar-refractivity contribution in [3.63, 3.8) is 0 Å². The first-order valence-electron chi connectivity index (χ1n) is 10.5. The highest BCUT2D eigenvalue weighted by Gasteiger charge is 2.36. The molecule has 1 saturated heterocycles. The summed E-state index contributed by atoms with van der Waals surface area (Å²) in [4.78, 5) is 38.8. The van der Waals surface area contributed by atoms with Gasteiger partial charge in [0.2, 0.25) is 11.8 Å². The molecule has 4 rings (SSSR count). The zero-order valence-electron chi connectivity index (χ0n) is 18.0.